The average Bonchev–Trinajstić information content (AvgIpc) is 2.66. The summed E-state index contributed by atoms with van der Waals surface area (Å²) >= 11 is 2.92. The second-order valence-corrected chi connectivity index (χ2v) is 5.24. The molecule has 0 fully saturated rings. The molecular weight excluding hydrogens is 246 g/mol. The normalized spacial score (nSPS) is 12.2. The summed E-state index contributed by atoms with van der Waals surface area (Å²) < 4.78 is 8.59. The van der Waals surface area contributed by atoms with E-state index in [-0.39, 0.29) is 5.82 Å². The molecule has 1 aromatic heterocycles. The van der Waals surface area contributed by atoms with Crippen molar-refractivity contribution in [1.29, 1.82) is 0 Å². The van der Waals surface area contributed by atoms with Crippen LogP contribution in [0.1, 0.15) is 17.3 Å². The van der Waals surface area contributed by atoms with Crippen LogP contribution in [0.5, 0.6) is 0 Å². The lowest BCUT2D eigenvalue weighted by molar-refractivity contribution is 0.0603. The highest BCUT2D eigenvalue weighted by molar-refractivity contribution is 7.99. The Labute approximate surface area is 103 Å². The quantitative estimate of drug-likeness (QED) is 0.785. The molecule has 7 heteroatoms. The van der Waals surface area contributed by atoms with Gasteiger partial charge in [0.1, 0.15) is 10.6 Å². The second kappa shape index (κ2) is 5.95. The number of nitrogens with two attached hydrogens (primary N) is 1. The smallest absolute Gasteiger partial charge is 0.344 e. The van der Waals surface area contributed by atoms with Crippen molar-refractivity contribution in [3.05, 3.63) is 5.56 Å². The number of carbonyl (C=O) groups is 1. The molecule has 90 valence electrons. The van der Waals surface area contributed by atoms with E-state index in [0.717, 1.165) is 6.54 Å². The van der Waals surface area contributed by atoms with Gasteiger partial charge in [0.25, 0.3) is 0 Å². The van der Waals surface area contributed by atoms with Gasteiger partial charge in [-0.15, -0.1) is 0 Å². The Morgan fingerprint density at radius 1 is 1.75 bits per heavy atom. The van der Waals surface area contributed by atoms with Crippen LogP contribution >= 0.6 is 23.3 Å². The van der Waals surface area contributed by atoms with Gasteiger partial charge in [-0.2, -0.15) is 16.1 Å². The third-order valence-electron chi connectivity index (χ3n) is 2.06. The number of ether oxygens (including phenoxy) is 1. The van der Waals surface area contributed by atoms with Crippen molar-refractivity contribution in [3.63, 3.8) is 0 Å². The number of aromatic nitrogens is 1. The van der Waals surface area contributed by atoms with Crippen LogP contribution in [0.4, 0.5) is 10.8 Å². The monoisotopic (exact) mass is 261 g/mol. The Morgan fingerprint density at radius 3 is 3.00 bits per heavy atom. The van der Waals surface area contributed by atoms with Crippen LogP contribution in [0.3, 0.4) is 0 Å². The van der Waals surface area contributed by atoms with Crippen molar-refractivity contribution in [2.45, 2.75) is 12.2 Å². The van der Waals surface area contributed by atoms with E-state index in [1.165, 1.54) is 18.6 Å². The van der Waals surface area contributed by atoms with Crippen molar-refractivity contribution in [2.24, 2.45) is 0 Å². The Morgan fingerprint density at radius 2 is 2.44 bits per heavy atom. The zero-order valence-electron chi connectivity index (χ0n) is 9.44. The lowest BCUT2D eigenvalue weighted by atomic mass is 10.3. The van der Waals surface area contributed by atoms with Gasteiger partial charge in [0, 0.05) is 11.8 Å². The Hall–Kier alpha value is -0.950. The van der Waals surface area contributed by atoms with Gasteiger partial charge in [-0.25, -0.2) is 4.79 Å². The number of esters is 1. The fourth-order valence-electron chi connectivity index (χ4n) is 1.04. The SMILES string of the molecule is COC(=O)c1c(N)nsc1NCC(C)SC. The number of methoxy groups -OCH3 is 1. The summed E-state index contributed by atoms with van der Waals surface area (Å²) in [4.78, 5) is 11.4. The van der Waals surface area contributed by atoms with E-state index in [9.17, 15) is 4.79 Å². The Kier molecular flexibility index (Phi) is 4.88. The number of carbonyl (C=O) groups excluding carboxylic acids is 1. The van der Waals surface area contributed by atoms with Crippen LogP contribution in [0.15, 0.2) is 0 Å². The highest BCUT2D eigenvalue weighted by Crippen LogP contribution is 2.27. The number of hydrogen-bond acceptors (Lipinski definition) is 7. The number of nitrogen functional groups attached to an aromatic ring is 1. The molecule has 5 nitrogen and oxygen atoms in total. The van der Waals surface area contributed by atoms with Crippen molar-refractivity contribution < 1.29 is 9.53 Å². The van der Waals surface area contributed by atoms with Gasteiger partial charge in [-0.05, 0) is 17.8 Å². The predicted octanol–water partition coefficient (Wildman–Crippen LogP) is 1.68. The van der Waals surface area contributed by atoms with Crippen molar-refractivity contribution >= 4 is 40.1 Å². The van der Waals surface area contributed by atoms with Crippen LogP contribution in [-0.4, -0.2) is 35.5 Å². The molecule has 0 aliphatic heterocycles. The lowest BCUT2D eigenvalue weighted by Gasteiger charge is -2.10. The molecule has 0 aliphatic carbocycles. The molecule has 0 aromatic carbocycles. The zero-order chi connectivity index (χ0) is 12.1. The topological polar surface area (TPSA) is 77.2 Å². The van der Waals surface area contributed by atoms with E-state index < -0.39 is 5.97 Å². The molecule has 0 bridgehead atoms. The first-order valence-corrected chi connectivity index (χ1v) is 6.76. The van der Waals surface area contributed by atoms with Gasteiger partial charge in [-0.3, -0.25) is 0 Å². The molecule has 1 unspecified atom stereocenters. The Balaban J connectivity index is 2.76. The molecule has 16 heavy (non-hydrogen) atoms. The molecule has 0 spiro atoms. The fraction of sp³-hybridized carbons (Fsp3) is 0.556. The summed E-state index contributed by atoms with van der Waals surface area (Å²) in [6.07, 6.45) is 2.04. The molecule has 1 aromatic rings. The molecule has 0 radical (unpaired) electrons. The van der Waals surface area contributed by atoms with Crippen LogP contribution in [-0.2, 0) is 4.74 Å². The summed E-state index contributed by atoms with van der Waals surface area (Å²) in [5.41, 5.74) is 5.94. The van der Waals surface area contributed by atoms with Crippen LogP contribution in [0.2, 0.25) is 0 Å². The maximum absolute atomic E-state index is 11.4. The maximum atomic E-state index is 11.4. The van der Waals surface area contributed by atoms with Crippen LogP contribution in [0.25, 0.3) is 0 Å². The Bertz CT molecular complexity index is 368. The lowest BCUT2D eigenvalue weighted by Crippen LogP contribution is -2.14. The molecule has 0 saturated carbocycles. The molecular formula is C9H15N3O2S2. The van der Waals surface area contributed by atoms with Gasteiger partial charge < -0.3 is 15.8 Å². The van der Waals surface area contributed by atoms with Gasteiger partial charge in [-0.1, -0.05) is 6.92 Å². The first-order chi connectivity index (χ1) is 7.60. The molecule has 1 rings (SSSR count). The van der Waals surface area contributed by atoms with Gasteiger partial charge >= 0.3 is 5.97 Å². The minimum absolute atomic E-state index is 0.219. The molecule has 0 amide bonds. The van der Waals surface area contributed by atoms with Crippen molar-refractivity contribution in [1.82, 2.24) is 4.37 Å². The second-order valence-electron chi connectivity index (χ2n) is 3.19. The minimum Gasteiger partial charge on any atom is -0.465 e. The van der Waals surface area contributed by atoms with E-state index in [1.54, 1.807) is 11.8 Å². The zero-order valence-corrected chi connectivity index (χ0v) is 11.1. The number of nitrogens with one attached hydrogen (secondary N) is 1. The highest BCUT2D eigenvalue weighted by Gasteiger charge is 2.19. The molecule has 3 N–H and O–H groups in total. The predicted molar refractivity (Wildman–Crippen MR) is 69.3 cm³/mol. The fourth-order valence-corrected chi connectivity index (χ4v) is 2.00. The van der Waals surface area contributed by atoms with Crippen molar-refractivity contribution in [3.8, 4) is 0 Å². The third kappa shape index (κ3) is 3.02. The molecule has 0 saturated heterocycles. The van der Waals surface area contributed by atoms with Crippen molar-refractivity contribution in [2.75, 3.05) is 31.0 Å². The average molecular weight is 261 g/mol. The minimum atomic E-state index is -0.453. The summed E-state index contributed by atoms with van der Waals surface area (Å²) in [5.74, 6) is -0.235. The molecule has 1 heterocycles. The van der Waals surface area contributed by atoms with E-state index in [1.807, 2.05) is 6.26 Å². The molecule has 1 atom stereocenters. The summed E-state index contributed by atoms with van der Waals surface area (Å²) in [6.45, 7) is 2.85. The standard InChI is InChI=1S/C9H15N3O2S2/c1-5(15-3)4-11-8-6(9(13)14-2)7(10)12-16-8/h5,11H,4H2,1-3H3,(H2,10,12). The largest absolute Gasteiger partial charge is 0.465 e. The number of thioether (sulfide) groups is 1. The van der Waals surface area contributed by atoms with Crippen LogP contribution in [0, 0.1) is 0 Å². The number of hydrogen-bond donors (Lipinski definition) is 2. The third-order valence-corrected chi connectivity index (χ3v) is 3.85. The number of nitrogens with zero attached hydrogens (tertiary/aromatic N) is 1. The maximum Gasteiger partial charge on any atom is 0.344 e. The van der Waals surface area contributed by atoms with Gasteiger partial charge in [0.05, 0.1) is 7.11 Å². The highest BCUT2D eigenvalue weighted by atomic mass is 32.2. The number of rotatable bonds is 5. The number of anilines is 2. The van der Waals surface area contributed by atoms with E-state index in [2.05, 4.69) is 21.4 Å². The summed E-state index contributed by atoms with van der Waals surface area (Å²) in [7, 11) is 1.33. The van der Waals surface area contributed by atoms with E-state index in [0.29, 0.717) is 15.8 Å². The van der Waals surface area contributed by atoms with E-state index in [4.69, 9.17) is 5.73 Å². The summed E-state index contributed by atoms with van der Waals surface area (Å²) in [5, 5.41) is 4.28. The van der Waals surface area contributed by atoms with E-state index >= 15 is 0 Å². The first kappa shape index (κ1) is 13.1. The first-order valence-electron chi connectivity index (χ1n) is 4.70. The van der Waals surface area contributed by atoms with Crippen LogP contribution < -0.4 is 11.1 Å². The summed E-state index contributed by atoms with van der Waals surface area (Å²) in [6, 6.07) is 0. The van der Waals surface area contributed by atoms with Gasteiger partial charge in [0.2, 0.25) is 0 Å². The van der Waals surface area contributed by atoms with Gasteiger partial charge in [0.15, 0.2) is 5.82 Å². The molecule has 0 aliphatic rings.